The van der Waals surface area contributed by atoms with Gasteiger partial charge in [-0.05, 0) is 43.3 Å². The molecule has 1 aromatic carbocycles. The Morgan fingerprint density at radius 3 is 2.89 bits per heavy atom. The van der Waals surface area contributed by atoms with E-state index in [-0.39, 0.29) is 12.6 Å². The maximum absolute atomic E-state index is 12.1. The number of esters is 1. The third-order valence-electron chi connectivity index (χ3n) is 3.64. The quantitative estimate of drug-likeness (QED) is 0.464. The van der Waals surface area contributed by atoms with E-state index in [9.17, 15) is 4.79 Å². The van der Waals surface area contributed by atoms with Gasteiger partial charge in [0.05, 0.1) is 17.9 Å². The fraction of sp³-hybridized carbons (Fsp3) is 0.222. The molecule has 0 aliphatic rings. The fourth-order valence-electron chi connectivity index (χ4n) is 2.44. The highest BCUT2D eigenvalue weighted by Gasteiger charge is 2.15. The monoisotopic (exact) mass is 380 g/mol. The Morgan fingerprint density at radius 2 is 2.11 bits per heavy atom. The highest BCUT2D eigenvalue weighted by molar-refractivity contribution is 5.90. The zero-order valence-electron chi connectivity index (χ0n) is 15.1. The molecule has 0 saturated carbocycles. The van der Waals surface area contributed by atoms with Gasteiger partial charge < -0.3 is 13.7 Å². The van der Waals surface area contributed by atoms with Crippen LogP contribution in [0, 0.1) is 0 Å². The minimum absolute atomic E-state index is 0.149. The third-order valence-corrected chi connectivity index (χ3v) is 3.64. The van der Waals surface area contributed by atoms with Crippen LogP contribution in [0.25, 0.3) is 23.0 Å². The van der Waals surface area contributed by atoms with E-state index >= 15 is 0 Å². The Hall–Kier alpha value is -3.82. The second-order valence-corrected chi connectivity index (χ2v) is 6.17. The molecule has 0 atom stereocenters. The predicted octanol–water partition coefficient (Wildman–Crippen LogP) is 2.60. The lowest BCUT2D eigenvalue weighted by Gasteiger charge is -2.08. The van der Waals surface area contributed by atoms with E-state index in [1.54, 1.807) is 50.2 Å². The van der Waals surface area contributed by atoms with Crippen molar-refractivity contribution in [2.24, 2.45) is 0 Å². The Balaban J connectivity index is 1.50. The minimum Gasteiger partial charge on any atom is -0.461 e. The molecule has 10 heteroatoms. The molecule has 0 radical (unpaired) electrons. The largest absolute Gasteiger partial charge is 0.461 e. The lowest BCUT2D eigenvalue weighted by Crippen LogP contribution is -2.11. The Morgan fingerprint density at radius 1 is 1.21 bits per heavy atom. The third kappa shape index (κ3) is 3.80. The highest BCUT2D eigenvalue weighted by Crippen LogP contribution is 2.18. The molecule has 0 bridgehead atoms. The van der Waals surface area contributed by atoms with E-state index in [1.807, 2.05) is 0 Å². The molecular weight excluding hydrogens is 364 g/mol. The first kappa shape index (κ1) is 17.6. The van der Waals surface area contributed by atoms with E-state index < -0.39 is 5.97 Å². The molecule has 0 spiro atoms. The van der Waals surface area contributed by atoms with Crippen LogP contribution in [0.3, 0.4) is 0 Å². The molecule has 28 heavy (non-hydrogen) atoms. The second kappa shape index (κ2) is 7.43. The summed E-state index contributed by atoms with van der Waals surface area (Å²) >= 11 is 0. The number of ether oxygens (including phenoxy) is 1. The molecule has 0 fully saturated rings. The van der Waals surface area contributed by atoms with Crippen molar-refractivity contribution >= 4 is 5.97 Å². The molecule has 3 aromatic heterocycles. The summed E-state index contributed by atoms with van der Waals surface area (Å²) in [5.74, 6) is 1.12. The lowest BCUT2D eigenvalue weighted by atomic mass is 10.1. The van der Waals surface area contributed by atoms with E-state index in [1.165, 1.54) is 11.1 Å². The SMILES string of the molecule is CC(C)OC(=O)c1cccc(-c2nnn(Cc3nc(-c4ccco4)no3)n2)c1. The van der Waals surface area contributed by atoms with Crippen LogP contribution in [0.5, 0.6) is 0 Å². The molecule has 0 saturated heterocycles. The van der Waals surface area contributed by atoms with E-state index in [4.69, 9.17) is 13.7 Å². The first-order valence-corrected chi connectivity index (χ1v) is 8.54. The van der Waals surface area contributed by atoms with Crippen LogP contribution in [0.1, 0.15) is 30.1 Å². The van der Waals surface area contributed by atoms with Gasteiger partial charge in [0.2, 0.25) is 11.6 Å². The van der Waals surface area contributed by atoms with Gasteiger partial charge in [-0.15, -0.1) is 10.2 Å². The van der Waals surface area contributed by atoms with Gasteiger partial charge in [0.15, 0.2) is 5.76 Å². The van der Waals surface area contributed by atoms with E-state index in [0.717, 1.165) is 0 Å². The van der Waals surface area contributed by atoms with Gasteiger partial charge in [0.25, 0.3) is 5.89 Å². The van der Waals surface area contributed by atoms with Crippen molar-refractivity contribution in [3.63, 3.8) is 0 Å². The summed E-state index contributed by atoms with van der Waals surface area (Å²) in [5, 5.41) is 16.2. The number of carbonyl (C=O) groups excluding carboxylic acids is 1. The first-order chi connectivity index (χ1) is 13.6. The number of benzene rings is 1. The highest BCUT2D eigenvalue weighted by atomic mass is 16.5. The van der Waals surface area contributed by atoms with Crippen LogP contribution in [0.4, 0.5) is 0 Å². The van der Waals surface area contributed by atoms with Gasteiger partial charge in [-0.1, -0.05) is 17.3 Å². The van der Waals surface area contributed by atoms with Crippen molar-refractivity contribution in [3.8, 4) is 23.0 Å². The van der Waals surface area contributed by atoms with E-state index in [0.29, 0.717) is 34.4 Å². The minimum atomic E-state index is -0.402. The maximum Gasteiger partial charge on any atom is 0.338 e. The smallest absolute Gasteiger partial charge is 0.338 e. The fourth-order valence-corrected chi connectivity index (χ4v) is 2.44. The second-order valence-electron chi connectivity index (χ2n) is 6.17. The average Bonchev–Trinajstić information content (AvgIpc) is 3.43. The number of hydrogen-bond acceptors (Lipinski definition) is 9. The van der Waals surface area contributed by atoms with Crippen LogP contribution >= 0.6 is 0 Å². The number of tetrazole rings is 1. The summed E-state index contributed by atoms with van der Waals surface area (Å²) in [6, 6.07) is 10.3. The number of nitrogens with zero attached hydrogens (tertiary/aromatic N) is 6. The van der Waals surface area contributed by atoms with Crippen LogP contribution < -0.4 is 0 Å². The normalized spacial score (nSPS) is 11.1. The van der Waals surface area contributed by atoms with Gasteiger partial charge in [-0.2, -0.15) is 9.78 Å². The van der Waals surface area contributed by atoms with Crippen molar-refractivity contribution in [3.05, 3.63) is 54.1 Å². The van der Waals surface area contributed by atoms with Crippen molar-refractivity contribution in [1.82, 2.24) is 30.3 Å². The standard InChI is InChI=1S/C18H16N6O4/c1-11(2)27-18(25)13-6-3-5-12(9-13)16-20-23-24(21-16)10-15-19-17(22-28-15)14-7-4-8-26-14/h3-9,11H,10H2,1-2H3. The van der Waals surface area contributed by atoms with Gasteiger partial charge in [0.1, 0.15) is 6.54 Å². The molecule has 4 aromatic rings. The summed E-state index contributed by atoms with van der Waals surface area (Å²) in [4.78, 5) is 17.6. The zero-order chi connectivity index (χ0) is 19.5. The summed E-state index contributed by atoms with van der Waals surface area (Å²) in [6.45, 7) is 3.74. The Kier molecular flexibility index (Phi) is 4.67. The number of furan rings is 1. The molecule has 0 amide bonds. The van der Waals surface area contributed by atoms with Crippen molar-refractivity contribution in [2.75, 3.05) is 0 Å². The summed E-state index contributed by atoms with van der Waals surface area (Å²) in [5.41, 5.74) is 1.06. The van der Waals surface area contributed by atoms with Crippen molar-refractivity contribution in [1.29, 1.82) is 0 Å². The zero-order valence-corrected chi connectivity index (χ0v) is 15.1. The Bertz CT molecular complexity index is 1080. The summed E-state index contributed by atoms with van der Waals surface area (Å²) in [6.07, 6.45) is 1.33. The van der Waals surface area contributed by atoms with Crippen molar-refractivity contribution in [2.45, 2.75) is 26.5 Å². The molecule has 142 valence electrons. The number of carbonyl (C=O) groups is 1. The summed E-state index contributed by atoms with van der Waals surface area (Å²) < 4.78 is 15.6. The molecule has 10 nitrogen and oxygen atoms in total. The topological polar surface area (TPSA) is 122 Å². The average molecular weight is 380 g/mol. The number of rotatable bonds is 6. The van der Waals surface area contributed by atoms with Gasteiger partial charge in [-0.3, -0.25) is 0 Å². The molecule has 4 rings (SSSR count). The maximum atomic E-state index is 12.1. The van der Waals surface area contributed by atoms with Crippen LogP contribution in [0.2, 0.25) is 0 Å². The van der Waals surface area contributed by atoms with Gasteiger partial charge in [-0.25, -0.2) is 4.79 Å². The van der Waals surface area contributed by atoms with Crippen LogP contribution in [-0.4, -0.2) is 42.4 Å². The van der Waals surface area contributed by atoms with Crippen LogP contribution in [-0.2, 0) is 11.3 Å². The Labute approximate surface area is 159 Å². The molecule has 3 heterocycles. The van der Waals surface area contributed by atoms with Gasteiger partial charge >= 0.3 is 5.97 Å². The van der Waals surface area contributed by atoms with E-state index in [2.05, 4.69) is 25.6 Å². The lowest BCUT2D eigenvalue weighted by molar-refractivity contribution is 0.0378. The number of hydrogen-bond donors (Lipinski definition) is 0. The molecule has 0 N–H and O–H groups in total. The first-order valence-electron chi connectivity index (χ1n) is 8.54. The van der Waals surface area contributed by atoms with Crippen molar-refractivity contribution < 1.29 is 18.5 Å². The van der Waals surface area contributed by atoms with Gasteiger partial charge in [0, 0.05) is 5.56 Å². The molecular formula is C18H16N6O4. The summed E-state index contributed by atoms with van der Waals surface area (Å²) in [7, 11) is 0. The van der Waals surface area contributed by atoms with Crippen LogP contribution in [0.15, 0.2) is 51.6 Å². The predicted molar refractivity (Wildman–Crippen MR) is 94.9 cm³/mol. The number of aromatic nitrogens is 6. The molecule has 0 aliphatic heterocycles. The molecule has 0 unspecified atom stereocenters. The molecule has 0 aliphatic carbocycles.